The normalized spacial score (nSPS) is 27.6. The maximum absolute atomic E-state index is 12.7. The van der Waals surface area contributed by atoms with Crippen LogP contribution in [0.1, 0.15) is 56.8 Å². The summed E-state index contributed by atoms with van der Waals surface area (Å²) in [6.45, 7) is 6.34. The van der Waals surface area contributed by atoms with Crippen molar-refractivity contribution in [3.05, 3.63) is 41.5 Å². The van der Waals surface area contributed by atoms with E-state index in [0.717, 1.165) is 19.3 Å². The summed E-state index contributed by atoms with van der Waals surface area (Å²) in [5, 5.41) is 0. The third kappa shape index (κ3) is 4.80. The van der Waals surface area contributed by atoms with E-state index in [-0.39, 0.29) is 12.1 Å². The van der Waals surface area contributed by atoms with Crippen LogP contribution in [0.15, 0.2) is 35.9 Å². The van der Waals surface area contributed by atoms with Gasteiger partial charge in [0.1, 0.15) is 12.2 Å². The van der Waals surface area contributed by atoms with Crippen molar-refractivity contribution in [3.8, 4) is 0 Å². The fourth-order valence-electron chi connectivity index (χ4n) is 3.68. The number of ether oxygens (including phenoxy) is 3. The Kier molecular flexibility index (Phi) is 6.20. The number of carbonyl (C=O) groups is 2. The number of ketones is 1. The second-order valence-corrected chi connectivity index (χ2v) is 8.28. The molecule has 1 saturated heterocycles. The first kappa shape index (κ1) is 20.6. The third-order valence-corrected chi connectivity index (χ3v) is 5.36. The summed E-state index contributed by atoms with van der Waals surface area (Å²) in [5.74, 6) is -0.438. The average Bonchev–Trinajstić information content (AvgIpc) is 2.73. The van der Waals surface area contributed by atoms with Gasteiger partial charge >= 0.3 is 5.97 Å². The lowest BCUT2D eigenvalue weighted by atomic mass is 9.80. The van der Waals surface area contributed by atoms with Crippen molar-refractivity contribution in [2.24, 2.45) is 5.41 Å². The van der Waals surface area contributed by atoms with Crippen molar-refractivity contribution in [2.75, 3.05) is 12.3 Å². The van der Waals surface area contributed by atoms with Crippen LogP contribution in [-0.2, 0) is 19.0 Å². The third-order valence-electron chi connectivity index (χ3n) is 5.36. The number of benzene rings is 1. The fourth-order valence-corrected chi connectivity index (χ4v) is 3.68. The number of allylic oxidation sites excluding steroid dienone is 1. The van der Waals surface area contributed by atoms with Crippen molar-refractivity contribution < 1.29 is 23.8 Å². The van der Waals surface area contributed by atoms with Gasteiger partial charge in [-0.3, -0.25) is 4.79 Å². The molecule has 3 unspecified atom stereocenters. The molecule has 0 bridgehead atoms. The van der Waals surface area contributed by atoms with E-state index in [1.165, 1.54) is 0 Å². The van der Waals surface area contributed by atoms with E-state index in [1.807, 2.05) is 13.8 Å². The Morgan fingerprint density at radius 1 is 1.21 bits per heavy atom. The molecule has 1 heterocycles. The standard InChI is InChI=1S/C22H29NO5/c1-14-12-18(27-21(25)15-7-9-16(23)10-8-15)20(22(2,3)13-17(14)24)28-19-6-4-5-11-26-19/h7-10,12,18-20H,4-6,11,13,23H2,1-3H3. The summed E-state index contributed by atoms with van der Waals surface area (Å²) in [6, 6.07) is 6.56. The summed E-state index contributed by atoms with van der Waals surface area (Å²) in [5.41, 5.74) is 6.74. The molecule has 152 valence electrons. The topological polar surface area (TPSA) is 87.8 Å². The van der Waals surface area contributed by atoms with Crippen LogP contribution in [-0.4, -0.2) is 36.9 Å². The number of hydrogen-bond donors (Lipinski definition) is 1. The molecular weight excluding hydrogens is 358 g/mol. The lowest BCUT2D eigenvalue weighted by molar-refractivity contribution is -0.225. The average molecular weight is 387 g/mol. The van der Waals surface area contributed by atoms with Crippen LogP contribution in [0.25, 0.3) is 0 Å². The number of rotatable bonds is 4. The molecule has 2 aliphatic rings. The van der Waals surface area contributed by atoms with Gasteiger partial charge in [-0.05, 0) is 62.1 Å². The van der Waals surface area contributed by atoms with E-state index in [9.17, 15) is 9.59 Å². The summed E-state index contributed by atoms with van der Waals surface area (Å²) in [7, 11) is 0. The van der Waals surface area contributed by atoms with Crippen LogP contribution >= 0.6 is 0 Å². The van der Waals surface area contributed by atoms with Crippen LogP contribution in [0, 0.1) is 5.41 Å². The molecule has 1 aliphatic heterocycles. The van der Waals surface area contributed by atoms with Crippen molar-refractivity contribution in [1.82, 2.24) is 0 Å². The number of hydrogen-bond acceptors (Lipinski definition) is 6. The highest BCUT2D eigenvalue weighted by Gasteiger charge is 2.43. The largest absolute Gasteiger partial charge is 0.452 e. The summed E-state index contributed by atoms with van der Waals surface area (Å²) >= 11 is 0. The van der Waals surface area contributed by atoms with Crippen LogP contribution in [0.5, 0.6) is 0 Å². The molecule has 1 fully saturated rings. The van der Waals surface area contributed by atoms with Gasteiger partial charge in [0, 0.05) is 24.1 Å². The molecule has 6 nitrogen and oxygen atoms in total. The summed E-state index contributed by atoms with van der Waals surface area (Å²) in [6.07, 6.45) is 3.34. The highest BCUT2D eigenvalue weighted by Crippen LogP contribution is 2.37. The highest BCUT2D eigenvalue weighted by molar-refractivity contribution is 5.96. The first-order valence-electron chi connectivity index (χ1n) is 9.81. The van der Waals surface area contributed by atoms with Gasteiger partial charge in [0.25, 0.3) is 0 Å². The second-order valence-electron chi connectivity index (χ2n) is 8.28. The Bertz CT molecular complexity index is 747. The van der Waals surface area contributed by atoms with Crippen molar-refractivity contribution >= 4 is 17.4 Å². The molecule has 3 rings (SSSR count). The number of nitrogen functional groups attached to an aromatic ring is 1. The first-order valence-corrected chi connectivity index (χ1v) is 9.81. The zero-order valence-corrected chi connectivity index (χ0v) is 16.8. The predicted molar refractivity (Wildman–Crippen MR) is 106 cm³/mol. The Labute approximate surface area is 166 Å². The molecule has 28 heavy (non-hydrogen) atoms. The van der Waals surface area contributed by atoms with Crippen molar-refractivity contribution in [3.63, 3.8) is 0 Å². The smallest absolute Gasteiger partial charge is 0.338 e. The highest BCUT2D eigenvalue weighted by atomic mass is 16.7. The molecule has 6 heteroatoms. The monoisotopic (exact) mass is 387 g/mol. The van der Waals surface area contributed by atoms with Crippen LogP contribution in [0.4, 0.5) is 5.69 Å². The molecule has 1 aliphatic carbocycles. The molecule has 2 N–H and O–H groups in total. The van der Waals surface area contributed by atoms with Crippen molar-refractivity contribution in [2.45, 2.75) is 65.0 Å². The molecule has 0 saturated carbocycles. The number of esters is 1. The minimum Gasteiger partial charge on any atom is -0.452 e. The molecule has 0 aromatic heterocycles. The van der Waals surface area contributed by atoms with E-state index in [4.69, 9.17) is 19.9 Å². The minimum absolute atomic E-state index is 0.0363. The van der Waals surface area contributed by atoms with Gasteiger partial charge in [0.05, 0.1) is 5.56 Å². The van der Waals surface area contributed by atoms with E-state index in [1.54, 1.807) is 37.3 Å². The Morgan fingerprint density at radius 3 is 2.57 bits per heavy atom. The predicted octanol–water partition coefficient (Wildman–Crippen LogP) is 3.65. The van der Waals surface area contributed by atoms with Crippen LogP contribution in [0.3, 0.4) is 0 Å². The zero-order valence-electron chi connectivity index (χ0n) is 16.8. The quantitative estimate of drug-likeness (QED) is 0.627. The molecule has 0 radical (unpaired) electrons. The van der Waals surface area contributed by atoms with Crippen molar-refractivity contribution in [1.29, 1.82) is 0 Å². The van der Waals surface area contributed by atoms with Crippen LogP contribution < -0.4 is 5.73 Å². The second kappa shape index (κ2) is 8.45. The lowest BCUT2D eigenvalue weighted by Crippen LogP contribution is -2.46. The van der Waals surface area contributed by atoms with Gasteiger partial charge in [-0.2, -0.15) is 0 Å². The van der Waals surface area contributed by atoms with E-state index in [0.29, 0.717) is 29.9 Å². The molecule has 0 amide bonds. The molecule has 0 spiro atoms. The van der Waals surface area contributed by atoms with E-state index >= 15 is 0 Å². The molecular formula is C22H29NO5. The Balaban J connectivity index is 1.86. The number of anilines is 1. The van der Waals surface area contributed by atoms with Gasteiger partial charge in [-0.15, -0.1) is 0 Å². The molecule has 1 aromatic carbocycles. The summed E-state index contributed by atoms with van der Waals surface area (Å²) in [4.78, 5) is 25.2. The van der Waals surface area contributed by atoms with Gasteiger partial charge < -0.3 is 19.9 Å². The first-order chi connectivity index (χ1) is 13.3. The van der Waals surface area contributed by atoms with Gasteiger partial charge in [-0.25, -0.2) is 4.79 Å². The Hall–Kier alpha value is -2.18. The number of nitrogens with two attached hydrogens (primary N) is 1. The van der Waals surface area contributed by atoms with Gasteiger partial charge in [0.2, 0.25) is 0 Å². The van der Waals surface area contributed by atoms with Gasteiger partial charge in [0.15, 0.2) is 12.1 Å². The Morgan fingerprint density at radius 2 is 1.93 bits per heavy atom. The SMILES string of the molecule is CC1=CC(OC(=O)c2ccc(N)cc2)C(OC2CCCCO2)C(C)(C)CC1=O. The number of carbonyl (C=O) groups excluding carboxylic acids is 2. The molecule has 1 aromatic rings. The zero-order chi connectivity index (χ0) is 20.3. The van der Waals surface area contributed by atoms with Crippen LogP contribution in [0.2, 0.25) is 0 Å². The fraction of sp³-hybridized carbons (Fsp3) is 0.545. The number of Topliss-reactive ketones (excluding diaryl/α,β-unsaturated/α-hetero) is 1. The lowest BCUT2D eigenvalue weighted by Gasteiger charge is -2.39. The maximum Gasteiger partial charge on any atom is 0.338 e. The molecule has 3 atom stereocenters. The minimum atomic E-state index is -0.683. The maximum atomic E-state index is 12.7. The van der Waals surface area contributed by atoms with E-state index < -0.39 is 23.6 Å². The summed E-state index contributed by atoms with van der Waals surface area (Å²) < 4.78 is 17.8. The van der Waals surface area contributed by atoms with E-state index in [2.05, 4.69) is 0 Å². The van der Waals surface area contributed by atoms with Gasteiger partial charge in [-0.1, -0.05) is 13.8 Å².